The van der Waals surface area contributed by atoms with E-state index >= 15 is 0 Å². The van der Waals surface area contributed by atoms with Gasteiger partial charge in [0.15, 0.2) is 4.60 Å². The summed E-state index contributed by atoms with van der Waals surface area (Å²) in [6.07, 6.45) is 0.0959. The number of rotatable bonds is 5. The first kappa shape index (κ1) is 13.9. The lowest BCUT2D eigenvalue weighted by atomic mass is 10.4. The molecule has 11 heteroatoms. The van der Waals surface area contributed by atoms with E-state index in [1.165, 1.54) is 7.05 Å². The van der Waals surface area contributed by atoms with Crippen LogP contribution in [0.15, 0.2) is 14.8 Å². The largest absolute Gasteiger partial charge is 0.409 e. The van der Waals surface area contributed by atoms with E-state index < -0.39 is 10.0 Å². The molecule has 0 saturated carbocycles. The Kier molecular flexibility index (Phi) is 4.42. The van der Waals surface area contributed by atoms with E-state index in [0.29, 0.717) is 0 Å². The Morgan fingerprint density at radius 2 is 2.35 bits per heavy atom. The Balaban J connectivity index is 2.77. The molecular weight excluding hydrogens is 316 g/mol. The molecule has 1 rings (SSSR count). The fourth-order valence-corrected chi connectivity index (χ4v) is 3.16. The van der Waals surface area contributed by atoms with Gasteiger partial charge in [-0.25, -0.2) is 17.8 Å². The van der Waals surface area contributed by atoms with Crippen LogP contribution in [0, 0.1) is 0 Å². The van der Waals surface area contributed by atoms with Gasteiger partial charge in [-0.2, -0.15) is 0 Å². The van der Waals surface area contributed by atoms with Gasteiger partial charge in [-0.15, -0.1) is 5.10 Å². The van der Waals surface area contributed by atoms with Crippen molar-refractivity contribution in [2.75, 3.05) is 6.54 Å². The molecule has 0 saturated heterocycles. The summed E-state index contributed by atoms with van der Waals surface area (Å²) < 4.78 is 27.2. The van der Waals surface area contributed by atoms with Crippen molar-refractivity contribution < 1.29 is 13.6 Å². The van der Waals surface area contributed by atoms with E-state index in [9.17, 15) is 8.42 Å². The summed E-state index contributed by atoms with van der Waals surface area (Å²) in [7, 11) is -2.28. The Morgan fingerprint density at radius 3 is 2.82 bits per heavy atom. The predicted octanol–water partition coefficient (Wildman–Crippen LogP) is -1.01. The zero-order valence-corrected chi connectivity index (χ0v) is 11.2. The Morgan fingerprint density at radius 1 is 1.71 bits per heavy atom. The van der Waals surface area contributed by atoms with Gasteiger partial charge in [-0.1, -0.05) is 10.4 Å². The minimum absolute atomic E-state index is 0.00977. The molecule has 0 unspecified atom stereocenters. The summed E-state index contributed by atoms with van der Waals surface area (Å²) in [5, 5.41) is 18.0. The summed E-state index contributed by atoms with van der Waals surface area (Å²) in [6, 6.07) is 0. The molecule has 17 heavy (non-hydrogen) atoms. The maximum atomic E-state index is 11.8. The molecule has 0 bridgehead atoms. The van der Waals surface area contributed by atoms with E-state index in [4.69, 9.17) is 10.9 Å². The number of halogens is 1. The zero-order chi connectivity index (χ0) is 13.1. The number of amidine groups is 1. The number of hydrogen-bond acceptors (Lipinski definition) is 6. The van der Waals surface area contributed by atoms with Gasteiger partial charge in [0.05, 0.1) is 0 Å². The lowest BCUT2D eigenvalue weighted by Crippen LogP contribution is -2.29. The highest BCUT2D eigenvalue weighted by Gasteiger charge is 2.23. The molecule has 0 spiro atoms. The van der Waals surface area contributed by atoms with Crippen LogP contribution in [0.25, 0.3) is 0 Å². The average Bonchev–Trinajstić information content (AvgIpc) is 2.58. The van der Waals surface area contributed by atoms with Crippen LogP contribution in [0.1, 0.15) is 6.42 Å². The summed E-state index contributed by atoms with van der Waals surface area (Å²) >= 11 is 2.99. The van der Waals surface area contributed by atoms with Crippen molar-refractivity contribution in [3.05, 3.63) is 4.60 Å². The number of aromatic nitrogens is 3. The number of nitrogens with zero attached hydrogens (tertiary/aromatic N) is 4. The second-order valence-electron chi connectivity index (χ2n) is 3.05. The summed E-state index contributed by atoms with van der Waals surface area (Å²) in [5.41, 5.74) is 5.21. The lowest BCUT2D eigenvalue weighted by molar-refractivity contribution is 0.317. The van der Waals surface area contributed by atoms with Crippen molar-refractivity contribution in [2.45, 2.75) is 11.4 Å². The summed E-state index contributed by atoms with van der Waals surface area (Å²) in [6.45, 7) is 0.00977. The van der Waals surface area contributed by atoms with Crippen LogP contribution in [0.2, 0.25) is 0 Å². The van der Waals surface area contributed by atoms with Crippen LogP contribution in [0.5, 0.6) is 0 Å². The van der Waals surface area contributed by atoms with Crippen LogP contribution < -0.4 is 10.5 Å². The van der Waals surface area contributed by atoms with Gasteiger partial charge in [-0.05, 0) is 15.9 Å². The number of nitrogens with one attached hydrogen (secondary N) is 1. The molecule has 4 N–H and O–H groups in total. The summed E-state index contributed by atoms with van der Waals surface area (Å²) in [5.74, 6) is -0.0603. The van der Waals surface area contributed by atoms with Crippen LogP contribution in [-0.2, 0) is 17.1 Å². The molecule has 0 radical (unpaired) electrons. The van der Waals surface area contributed by atoms with Crippen molar-refractivity contribution in [3.63, 3.8) is 0 Å². The molecule has 96 valence electrons. The van der Waals surface area contributed by atoms with Gasteiger partial charge < -0.3 is 10.9 Å². The van der Waals surface area contributed by atoms with Crippen molar-refractivity contribution in [1.29, 1.82) is 0 Å². The van der Waals surface area contributed by atoms with E-state index in [1.807, 2.05) is 0 Å². The normalized spacial score (nSPS) is 12.9. The molecule has 0 aliphatic carbocycles. The van der Waals surface area contributed by atoms with E-state index in [2.05, 4.69) is 36.1 Å². The number of aryl methyl sites for hydroxylation is 1. The maximum Gasteiger partial charge on any atom is 0.260 e. The topological polar surface area (TPSA) is 135 Å². The van der Waals surface area contributed by atoms with Crippen LogP contribution in [0.4, 0.5) is 0 Å². The van der Waals surface area contributed by atoms with Crippen LogP contribution in [0.3, 0.4) is 0 Å². The standard InChI is InChI=1S/C6H11BrN6O3S/c1-13-6(5(7)10-12-13)17(15,16)9-3-2-4(8)11-14/h9,14H,2-3H2,1H3,(H2,8,11). The fraction of sp³-hybridized carbons (Fsp3) is 0.500. The molecule has 9 nitrogen and oxygen atoms in total. The second kappa shape index (κ2) is 5.42. The minimum atomic E-state index is -3.73. The second-order valence-corrected chi connectivity index (χ2v) is 5.48. The van der Waals surface area contributed by atoms with E-state index in [0.717, 1.165) is 4.68 Å². The fourth-order valence-electron chi connectivity index (χ4n) is 1.04. The third-order valence-electron chi connectivity index (χ3n) is 1.79. The highest BCUT2D eigenvalue weighted by atomic mass is 79.9. The molecule has 1 aromatic heterocycles. The molecular formula is C6H11BrN6O3S. The van der Waals surface area contributed by atoms with Crippen molar-refractivity contribution in [3.8, 4) is 0 Å². The summed E-state index contributed by atoms with van der Waals surface area (Å²) in [4.78, 5) is 0. The molecule has 1 heterocycles. The third-order valence-corrected chi connectivity index (χ3v) is 4.14. The monoisotopic (exact) mass is 326 g/mol. The quantitative estimate of drug-likeness (QED) is 0.274. The molecule has 0 aromatic carbocycles. The van der Waals surface area contributed by atoms with Gasteiger partial charge in [0.2, 0.25) is 5.03 Å². The van der Waals surface area contributed by atoms with Gasteiger partial charge in [0.1, 0.15) is 5.84 Å². The van der Waals surface area contributed by atoms with Crippen molar-refractivity contribution >= 4 is 31.8 Å². The average molecular weight is 327 g/mol. The first-order valence-electron chi connectivity index (χ1n) is 4.39. The van der Waals surface area contributed by atoms with Crippen molar-refractivity contribution in [1.82, 2.24) is 19.7 Å². The number of nitrogens with two attached hydrogens (primary N) is 1. The predicted molar refractivity (Wildman–Crippen MR) is 61.9 cm³/mol. The van der Waals surface area contributed by atoms with E-state index in [-0.39, 0.29) is 28.4 Å². The van der Waals surface area contributed by atoms with Crippen molar-refractivity contribution in [2.24, 2.45) is 17.9 Å². The first-order chi connectivity index (χ1) is 7.88. The van der Waals surface area contributed by atoms with Crippen LogP contribution >= 0.6 is 15.9 Å². The Bertz CT molecular complexity index is 504. The smallest absolute Gasteiger partial charge is 0.260 e. The SMILES string of the molecule is Cn1nnc(Br)c1S(=O)(=O)NCCC(N)=NO. The molecule has 0 aliphatic heterocycles. The van der Waals surface area contributed by atoms with Gasteiger partial charge in [-0.3, -0.25) is 0 Å². The molecule has 1 aromatic rings. The Labute approximate surface area is 106 Å². The zero-order valence-electron chi connectivity index (χ0n) is 8.83. The van der Waals surface area contributed by atoms with E-state index in [1.54, 1.807) is 0 Å². The number of oxime groups is 1. The molecule has 0 aliphatic rings. The van der Waals surface area contributed by atoms with Crippen LogP contribution in [-0.4, -0.2) is 41.0 Å². The highest BCUT2D eigenvalue weighted by molar-refractivity contribution is 9.10. The first-order valence-corrected chi connectivity index (χ1v) is 6.67. The van der Waals surface area contributed by atoms with Gasteiger partial charge in [0, 0.05) is 20.0 Å². The maximum absolute atomic E-state index is 11.8. The molecule has 0 fully saturated rings. The number of hydrogen-bond donors (Lipinski definition) is 3. The molecule has 0 atom stereocenters. The van der Waals surface area contributed by atoms with Gasteiger partial charge in [0.25, 0.3) is 10.0 Å². The lowest BCUT2D eigenvalue weighted by Gasteiger charge is -2.05. The minimum Gasteiger partial charge on any atom is -0.409 e. The van der Waals surface area contributed by atoms with Gasteiger partial charge >= 0.3 is 0 Å². The third kappa shape index (κ3) is 3.38. The Hall–Kier alpha value is -1.20. The highest BCUT2D eigenvalue weighted by Crippen LogP contribution is 2.17. The number of sulfonamides is 1. The molecule has 0 amide bonds.